The van der Waals surface area contributed by atoms with E-state index in [-0.39, 0.29) is 36.0 Å². The van der Waals surface area contributed by atoms with E-state index in [4.69, 9.17) is 15.9 Å². The predicted octanol–water partition coefficient (Wildman–Crippen LogP) is 4.20. The van der Waals surface area contributed by atoms with Crippen molar-refractivity contribution in [1.29, 1.82) is 0 Å². The third-order valence-electron chi connectivity index (χ3n) is 4.97. The Labute approximate surface area is 198 Å². The first-order valence-electron chi connectivity index (χ1n) is 10.8. The van der Waals surface area contributed by atoms with Gasteiger partial charge >= 0.3 is 41.5 Å². The molecule has 0 aromatic carbocycles. The normalized spacial score (nSPS) is 13.0. The Morgan fingerprint density at radius 3 is 1.69 bits per heavy atom. The van der Waals surface area contributed by atoms with Crippen LogP contribution in [0.3, 0.4) is 0 Å². The number of aliphatic carboxylic acids is 2. The fraction of sp³-hybridized carbons (Fsp3) is 0.773. The average Bonchev–Trinajstić information content (AvgIpc) is 2.63. The Bertz CT molecular complexity index is 496. The van der Waals surface area contributed by atoms with Crippen LogP contribution < -0.4 is 5.73 Å². The van der Waals surface area contributed by atoms with Crippen LogP contribution in [0.25, 0.3) is 0 Å². The molecule has 6 nitrogen and oxygen atoms in total. The van der Waals surface area contributed by atoms with Gasteiger partial charge in [-0.3, -0.25) is 9.59 Å². The van der Waals surface area contributed by atoms with E-state index >= 15 is 0 Å². The van der Waals surface area contributed by atoms with E-state index in [1.807, 2.05) is 0 Å². The molecular weight excluding hydrogens is 381 g/mol. The molecule has 0 saturated heterocycles. The molecule has 0 saturated carbocycles. The Kier molecular flexibility index (Phi) is 20.3. The van der Waals surface area contributed by atoms with Crippen molar-refractivity contribution in [2.75, 3.05) is 0 Å². The number of rotatable bonds is 19. The first-order valence-corrected chi connectivity index (χ1v) is 10.8. The molecule has 0 rings (SSSR count). The summed E-state index contributed by atoms with van der Waals surface area (Å²) in [6, 6.07) is 0. The summed E-state index contributed by atoms with van der Waals surface area (Å²) in [5.74, 6) is -3.67. The number of carbonyl (C=O) groups is 3. The van der Waals surface area contributed by atoms with Gasteiger partial charge in [-0.2, -0.15) is 0 Å². The fourth-order valence-corrected chi connectivity index (χ4v) is 3.11. The number of carboxylic acid groups (broad SMARTS) is 2. The molecule has 0 spiro atoms. The van der Waals surface area contributed by atoms with E-state index in [9.17, 15) is 14.4 Å². The molecule has 0 aliphatic rings. The Morgan fingerprint density at radius 2 is 1.24 bits per heavy atom. The van der Waals surface area contributed by atoms with E-state index in [1.165, 1.54) is 38.5 Å². The average molecular weight is 422 g/mol. The zero-order chi connectivity index (χ0) is 21.3. The predicted molar refractivity (Wildman–Crippen MR) is 118 cm³/mol. The molecule has 0 bridgehead atoms. The summed E-state index contributed by atoms with van der Waals surface area (Å²) in [5.41, 5.74) is 3.20. The third-order valence-corrected chi connectivity index (χ3v) is 4.97. The molecule has 0 aromatic heterocycles. The molecule has 0 aliphatic heterocycles. The van der Waals surface area contributed by atoms with Crippen molar-refractivity contribution in [3.05, 3.63) is 12.2 Å². The van der Waals surface area contributed by atoms with E-state index in [2.05, 4.69) is 19.1 Å². The zero-order valence-corrected chi connectivity index (χ0v) is 17.5. The molecule has 0 aliphatic carbocycles. The first-order chi connectivity index (χ1) is 13.3. The summed E-state index contributed by atoms with van der Waals surface area (Å²) >= 11 is 0. The number of hydrogen-bond acceptors (Lipinski definition) is 4. The van der Waals surface area contributed by atoms with Crippen molar-refractivity contribution >= 4 is 47.3 Å². The second kappa shape index (κ2) is 19.3. The molecule has 0 fully saturated rings. The zero-order valence-electron chi connectivity index (χ0n) is 17.5. The first kappa shape index (κ1) is 30.5. The van der Waals surface area contributed by atoms with E-state index in [0.717, 1.165) is 38.5 Å². The van der Waals surface area contributed by atoms with Gasteiger partial charge < -0.3 is 15.9 Å². The molecule has 0 radical (unpaired) electrons. The second-order valence-corrected chi connectivity index (χ2v) is 7.60. The molecule has 164 valence electrons. The van der Waals surface area contributed by atoms with Gasteiger partial charge in [-0.05, 0) is 32.1 Å². The van der Waals surface area contributed by atoms with Gasteiger partial charge in [-0.1, -0.05) is 70.4 Å². The molecule has 4 N–H and O–H groups in total. The summed E-state index contributed by atoms with van der Waals surface area (Å²) in [6.07, 6.45) is 18.3. The molecule has 0 heterocycles. The molecule has 1 unspecified atom stereocenters. The van der Waals surface area contributed by atoms with Gasteiger partial charge in [0.05, 0.1) is 6.42 Å². The van der Waals surface area contributed by atoms with Gasteiger partial charge in [0.15, 0.2) is 11.3 Å². The number of hydrogen-bond donors (Lipinski definition) is 3. The standard InChI is InChI=1S/C22H39NO5.Na.H/c1-2-3-4-5-6-7-8-9-10-11-12-13-14-15-16-17-19(24)22(23,21(27)28)18-20(25)26;;/h9-10H,2-8,11-18,23H2,1H3,(H,25,26)(H,27,28);;/b10-9-;;. The number of ketones is 1. The molecule has 7 heteroatoms. The molecular formula is C22H40NNaO5. The van der Waals surface area contributed by atoms with E-state index in [0.29, 0.717) is 6.42 Å². The van der Waals surface area contributed by atoms with Crippen molar-refractivity contribution in [2.24, 2.45) is 5.73 Å². The van der Waals surface area contributed by atoms with E-state index in [1.54, 1.807) is 0 Å². The third kappa shape index (κ3) is 15.8. The van der Waals surface area contributed by atoms with Crippen molar-refractivity contribution < 1.29 is 24.6 Å². The van der Waals surface area contributed by atoms with Crippen LogP contribution in [-0.4, -0.2) is 63.0 Å². The quantitative estimate of drug-likeness (QED) is 0.124. The van der Waals surface area contributed by atoms with Gasteiger partial charge in [0, 0.05) is 6.42 Å². The summed E-state index contributed by atoms with van der Waals surface area (Å²) in [4.78, 5) is 33.9. The SMILES string of the molecule is CCCCCCCC/C=C\CCCCCCCC(=O)C(N)(CC(=O)O)C(=O)O.[NaH]. The van der Waals surface area contributed by atoms with Crippen LogP contribution >= 0.6 is 0 Å². The minimum absolute atomic E-state index is 0. The summed E-state index contributed by atoms with van der Waals surface area (Å²) < 4.78 is 0. The fourth-order valence-electron chi connectivity index (χ4n) is 3.11. The van der Waals surface area contributed by atoms with Crippen LogP contribution in [0.5, 0.6) is 0 Å². The van der Waals surface area contributed by atoms with Crippen molar-refractivity contribution in [3.63, 3.8) is 0 Å². The van der Waals surface area contributed by atoms with Crippen LogP contribution in [-0.2, 0) is 14.4 Å². The topological polar surface area (TPSA) is 118 Å². The summed E-state index contributed by atoms with van der Waals surface area (Å²) in [6.45, 7) is 2.23. The van der Waals surface area contributed by atoms with Crippen LogP contribution in [0.4, 0.5) is 0 Å². The Morgan fingerprint density at radius 1 is 0.793 bits per heavy atom. The number of Topliss-reactive ketones (excluding diaryl/α,β-unsaturated/α-hetero) is 1. The van der Waals surface area contributed by atoms with Crippen LogP contribution in [0.1, 0.15) is 103 Å². The number of unbranched alkanes of at least 4 members (excludes halogenated alkanes) is 11. The maximum absolute atomic E-state index is 12.0. The number of nitrogens with two attached hydrogens (primary N) is 1. The Balaban J connectivity index is 0. The van der Waals surface area contributed by atoms with Crippen molar-refractivity contribution in [3.8, 4) is 0 Å². The van der Waals surface area contributed by atoms with Gasteiger partial charge in [0.2, 0.25) is 0 Å². The number of allylic oxidation sites excluding steroid dienone is 2. The van der Waals surface area contributed by atoms with E-state index < -0.39 is 29.7 Å². The number of carboxylic acids is 2. The van der Waals surface area contributed by atoms with Gasteiger partial charge in [-0.25, -0.2) is 4.79 Å². The molecule has 1 atom stereocenters. The molecule has 29 heavy (non-hydrogen) atoms. The summed E-state index contributed by atoms with van der Waals surface area (Å²) in [7, 11) is 0. The van der Waals surface area contributed by atoms with Gasteiger partial charge in [-0.15, -0.1) is 0 Å². The summed E-state index contributed by atoms with van der Waals surface area (Å²) in [5, 5.41) is 17.8. The number of carbonyl (C=O) groups excluding carboxylic acids is 1. The maximum atomic E-state index is 12.0. The molecule has 0 amide bonds. The van der Waals surface area contributed by atoms with Gasteiger partial charge in [0.1, 0.15) is 0 Å². The Hall–Kier alpha value is -0.690. The van der Waals surface area contributed by atoms with Crippen LogP contribution in [0.2, 0.25) is 0 Å². The monoisotopic (exact) mass is 421 g/mol. The second-order valence-electron chi connectivity index (χ2n) is 7.60. The van der Waals surface area contributed by atoms with Crippen molar-refractivity contribution in [1.82, 2.24) is 0 Å². The molecule has 0 aromatic rings. The van der Waals surface area contributed by atoms with Crippen LogP contribution in [0.15, 0.2) is 12.2 Å². The van der Waals surface area contributed by atoms with Gasteiger partial charge in [0.25, 0.3) is 0 Å². The minimum atomic E-state index is -2.31. The van der Waals surface area contributed by atoms with Crippen LogP contribution in [0, 0.1) is 0 Å². The van der Waals surface area contributed by atoms with Crippen molar-refractivity contribution in [2.45, 2.75) is 109 Å².